The molecule has 3 heteroatoms. The van der Waals surface area contributed by atoms with Gasteiger partial charge in [-0.2, -0.15) is 0 Å². The fourth-order valence-electron chi connectivity index (χ4n) is 2.81. The number of nitrogens with zero attached hydrogens (tertiary/aromatic N) is 1. The van der Waals surface area contributed by atoms with Gasteiger partial charge in [0.05, 0.1) is 0 Å². The van der Waals surface area contributed by atoms with E-state index in [9.17, 15) is 5.11 Å². The zero-order valence-corrected chi connectivity index (χ0v) is 15.0. The molecule has 0 bridgehead atoms. The Labute approximate surface area is 145 Å². The highest BCUT2D eigenvalue weighted by Crippen LogP contribution is 2.13. The Hall–Kier alpha value is -1.84. The molecule has 2 rings (SSSR count). The highest BCUT2D eigenvalue weighted by Gasteiger charge is 2.15. The first-order valence-corrected chi connectivity index (χ1v) is 8.67. The molecule has 0 saturated heterocycles. The second kappa shape index (κ2) is 9.45. The Morgan fingerprint density at radius 2 is 1.62 bits per heavy atom. The Morgan fingerprint density at radius 1 is 0.958 bits per heavy atom. The van der Waals surface area contributed by atoms with Gasteiger partial charge in [0.15, 0.2) is 0 Å². The molecular weight excluding hydrogens is 298 g/mol. The van der Waals surface area contributed by atoms with Crippen LogP contribution in [0.4, 0.5) is 0 Å². The van der Waals surface area contributed by atoms with Gasteiger partial charge in [-0.1, -0.05) is 56.3 Å². The largest absolute Gasteiger partial charge is 0.491 e. The van der Waals surface area contributed by atoms with E-state index in [4.69, 9.17) is 4.74 Å². The van der Waals surface area contributed by atoms with Crippen LogP contribution in [0.25, 0.3) is 0 Å². The van der Waals surface area contributed by atoms with Crippen LogP contribution in [-0.2, 0) is 6.54 Å². The number of hydrogen-bond donors (Lipinski definition) is 1. The minimum atomic E-state index is -0.507. The molecular formula is C21H29NO2. The summed E-state index contributed by atoms with van der Waals surface area (Å²) < 4.78 is 5.67. The lowest BCUT2D eigenvalue weighted by Gasteiger charge is -2.27. The lowest BCUT2D eigenvalue weighted by molar-refractivity contribution is 0.0614. The fourth-order valence-corrected chi connectivity index (χ4v) is 2.81. The van der Waals surface area contributed by atoms with Gasteiger partial charge in [-0.05, 0) is 36.1 Å². The summed E-state index contributed by atoms with van der Waals surface area (Å²) in [6, 6.07) is 18.1. The Kier molecular flexibility index (Phi) is 7.29. The summed E-state index contributed by atoms with van der Waals surface area (Å²) in [7, 11) is 0. The van der Waals surface area contributed by atoms with Crippen molar-refractivity contribution in [3.8, 4) is 5.75 Å². The molecule has 0 heterocycles. The van der Waals surface area contributed by atoms with Crippen LogP contribution in [0.1, 0.15) is 25.0 Å². The molecule has 2 aromatic rings. The van der Waals surface area contributed by atoms with Crippen LogP contribution in [0.15, 0.2) is 54.6 Å². The van der Waals surface area contributed by atoms with E-state index in [1.54, 1.807) is 0 Å². The number of aryl methyl sites for hydroxylation is 1. The van der Waals surface area contributed by atoms with Crippen molar-refractivity contribution in [3.05, 3.63) is 65.7 Å². The van der Waals surface area contributed by atoms with E-state index in [2.05, 4.69) is 49.9 Å². The van der Waals surface area contributed by atoms with Crippen LogP contribution in [0.5, 0.6) is 5.75 Å². The summed E-state index contributed by atoms with van der Waals surface area (Å²) >= 11 is 0. The smallest absolute Gasteiger partial charge is 0.119 e. The normalized spacial score (nSPS) is 12.6. The first-order valence-electron chi connectivity index (χ1n) is 8.67. The molecule has 0 saturated carbocycles. The average molecular weight is 327 g/mol. The maximum Gasteiger partial charge on any atom is 0.119 e. The summed E-state index contributed by atoms with van der Waals surface area (Å²) in [5.74, 6) is 1.35. The first-order chi connectivity index (χ1) is 11.5. The van der Waals surface area contributed by atoms with Crippen LogP contribution in [0, 0.1) is 12.8 Å². The number of rotatable bonds is 9. The number of benzene rings is 2. The van der Waals surface area contributed by atoms with Gasteiger partial charge in [0.1, 0.15) is 18.5 Å². The zero-order chi connectivity index (χ0) is 17.4. The van der Waals surface area contributed by atoms with Crippen LogP contribution < -0.4 is 4.74 Å². The fraction of sp³-hybridized carbons (Fsp3) is 0.429. The minimum absolute atomic E-state index is 0.312. The third-order valence-corrected chi connectivity index (χ3v) is 3.93. The molecule has 1 N–H and O–H groups in total. The van der Waals surface area contributed by atoms with Gasteiger partial charge >= 0.3 is 0 Å². The van der Waals surface area contributed by atoms with Crippen molar-refractivity contribution in [2.45, 2.75) is 33.4 Å². The molecule has 0 aliphatic rings. The molecule has 0 aromatic heterocycles. The van der Waals surface area contributed by atoms with E-state index >= 15 is 0 Å². The molecule has 130 valence electrons. The SMILES string of the molecule is Cc1ccccc1CN(CC(C)C)C[C@@H](O)COc1ccccc1. The molecule has 0 unspecified atom stereocenters. The molecule has 0 aliphatic carbocycles. The zero-order valence-electron chi connectivity index (χ0n) is 15.0. The van der Waals surface area contributed by atoms with E-state index in [1.165, 1.54) is 11.1 Å². The molecule has 0 amide bonds. The second-order valence-electron chi connectivity index (χ2n) is 6.79. The van der Waals surface area contributed by atoms with Crippen LogP contribution in [0.2, 0.25) is 0 Å². The average Bonchev–Trinajstić information content (AvgIpc) is 2.55. The van der Waals surface area contributed by atoms with Crippen molar-refractivity contribution in [3.63, 3.8) is 0 Å². The van der Waals surface area contributed by atoms with Crippen molar-refractivity contribution >= 4 is 0 Å². The van der Waals surface area contributed by atoms with Crippen molar-refractivity contribution in [1.29, 1.82) is 0 Å². The van der Waals surface area contributed by atoms with E-state index in [0.717, 1.165) is 18.8 Å². The van der Waals surface area contributed by atoms with Crippen molar-refractivity contribution in [2.24, 2.45) is 5.92 Å². The molecule has 0 spiro atoms. The molecule has 24 heavy (non-hydrogen) atoms. The van der Waals surface area contributed by atoms with Gasteiger partial charge in [0, 0.05) is 19.6 Å². The second-order valence-corrected chi connectivity index (χ2v) is 6.79. The number of para-hydroxylation sites is 1. The number of aliphatic hydroxyl groups is 1. The minimum Gasteiger partial charge on any atom is -0.491 e. The first kappa shape index (κ1) is 18.5. The van der Waals surface area contributed by atoms with Gasteiger partial charge in [0.2, 0.25) is 0 Å². The quantitative estimate of drug-likeness (QED) is 0.758. The molecule has 0 aliphatic heterocycles. The van der Waals surface area contributed by atoms with E-state index in [-0.39, 0.29) is 0 Å². The topological polar surface area (TPSA) is 32.7 Å². The molecule has 2 aromatic carbocycles. The van der Waals surface area contributed by atoms with Gasteiger partial charge in [-0.15, -0.1) is 0 Å². The number of hydrogen-bond acceptors (Lipinski definition) is 3. The van der Waals surface area contributed by atoms with E-state index < -0.39 is 6.10 Å². The van der Waals surface area contributed by atoms with Gasteiger partial charge in [0.25, 0.3) is 0 Å². The summed E-state index contributed by atoms with van der Waals surface area (Å²) in [5.41, 5.74) is 2.61. The lowest BCUT2D eigenvalue weighted by atomic mass is 10.1. The molecule has 3 nitrogen and oxygen atoms in total. The summed E-state index contributed by atoms with van der Waals surface area (Å²) in [5, 5.41) is 10.4. The van der Waals surface area contributed by atoms with E-state index in [1.807, 2.05) is 30.3 Å². The standard InChI is InChI=1S/C21H29NO2/c1-17(2)13-22(14-19-10-8-7-9-18(19)3)15-20(23)16-24-21-11-5-4-6-12-21/h4-12,17,20,23H,13-16H2,1-3H3/t20-/m1/s1. The van der Waals surface area contributed by atoms with Crippen molar-refractivity contribution < 1.29 is 9.84 Å². The molecule has 0 fully saturated rings. The van der Waals surface area contributed by atoms with Crippen LogP contribution >= 0.6 is 0 Å². The molecule has 0 radical (unpaired) electrons. The van der Waals surface area contributed by atoms with Gasteiger partial charge in [-0.25, -0.2) is 0 Å². The Bertz CT molecular complexity index is 598. The Morgan fingerprint density at radius 3 is 2.29 bits per heavy atom. The van der Waals surface area contributed by atoms with Crippen molar-refractivity contribution in [2.75, 3.05) is 19.7 Å². The summed E-state index contributed by atoms with van der Waals surface area (Å²) in [6.45, 7) is 9.28. The van der Waals surface area contributed by atoms with Gasteiger partial charge < -0.3 is 9.84 Å². The summed E-state index contributed by atoms with van der Waals surface area (Å²) in [4.78, 5) is 2.31. The Balaban J connectivity index is 1.91. The third kappa shape index (κ3) is 6.34. The summed E-state index contributed by atoms with van der Waals surface area (Å²) in [6.07, 6.45) is -0.507. The highest BCUT2D eigenvalue weighted by atomic mass is 16.5. The number of ether oxygens (including phenoxy) is 1. The number of aliphatic hydroxyl groups excluding tert-OH is 1. The third-order valence-electron chi connectivity index (χ3n) is 3.93. The van der Waals surface area contributed by atoms with Crippen molar-refractivity contribution in [1.82, 2.24) is 4.90 Å². The lowest BCUT2D eigenvalue weighted by Crippen LogP contribution is -2.37. The predicted molar refractivity (Wildman–Crippen MR) is 99.2 cm³/mol. The van der Waals surface area contributed by atoms with Crippen LogP contribution in [0.3, 0.4) is 0 Å². The highest BCUT2D eigenvalue weighted by molar-refractivity contribution is 5.25. The predicted octanol–water partition coefficient (Wildman–Crippen LogP) is 3.89. The maximum absolute atomic E-state index is 10.4. The van der Waals surface area contributed by atoms with Crippen LogP contribution in [-0.4, -0.2) is 35.8 Å². The van der Waals surface area contributed by atoms with Gasteiger partial charge in [-0.3, -0.25) is 4.90 Å². The maximum atomic E-state index is 10.4. The van der Waals surface area contributed by atoms with E-state index in [0.29, 0.717) is 19.1 Å². The molecule has 1 atom stereocenters. The monoisotopic (exact) mass is 327 g/mol.